The molecular formula is C19H19FN2O2. The highest BCUT2D eigenvalue weighted by Crippen LogP contribution is 2.23. The molecule has 1 unspecified atom stereocenters. The maximum atomic E-state index is 13.5. The summed E-state index contributed by atoms with van der Waals surface area (Å²) in [6, 6.07) is 13.9. The molecule has 0 spiro atoms. The minimum atomic E-state index is -0.283. The maximum absolute atomic E-state index is 13.5. The lowest BCUT2D eigenvalue weighted by atomic mass is 9.90. The van der Waals surface area contributed by atoms with E-state index in [0.29, 0.717) is 30.6 Å². The molecule has 3 rings (SSSR count). The van der Waals surface area contributed by atoms with Crippen LogP contribution >= 0.6 is 0 Å². The van der Waals surface area contributed by atoms with Gasteiger partial charge in [0.2, 0.25) is 5.91 Å². The summed E-state index contributed by atoms with van der Waals surface area (Å²) in [5.74, 6) is -0.425. The lowest BCUT2D eigenvalue weighted by Gasteiger charge is -2.25. The monoisotopic (exact) mass is 326 g/mol. The van der Waals surface area contributed by atoms with Crippen molar-refractivity contribution in [3.8, 4) is 0 Å². The Balaban J connectivity index is 1.55. The summed E-state index contributed by atoms with van der Waals surface area (Å²) in [6.07, 6.45) is 0.609. The van der Waals surface area contributed by atoms with E-state index in [0.717, 1.165) is 5.56 Å². The van der Waals surface area contributed by atoms with Gasteiger partial charge in [0, 0.05) is 31.0 Å². The number of hydrogen-bond donors (Lipinski definition) is 2. The first-order valence-corrected chi connectivity index (χ1v) is 8.02. The number of rotatable bonds is 5. The van der Waals surface area contributed by atoms with Crippen molar-refractivity contribution in [2.24, 2.45) is 0 Å². The number of carbonyl (C=O) groups excluding carboxylic acids is 2. The fraction of sp³-hybridized carbons (Fsp3) is 0.263. The summed E-state index contributed by atoms with van der Waals surface area (Å²) >= 11 is 0. The number of amides is 2. The molecule has 1 aliphatic rings. The van der Waals surface area contributed by atoms with Gasteiger partial charge in [-0.05, 0) is 29.7 Å². The van der Waals surface area contributed by atoms with Crippen LogP contribution in [0.5, 0.6) is 0 Å². The standard InChI is InChI=1S/C19H19FN2O2/c20-17-8-4-1-5-13(17)9-10-18(23)21-11-14-12-22-19(24)16-7-3-2-6-15(14)16/h1-8,14H,9-12H2,(H,21,23)(H,22,24). The minimum Gasteiger partial charge on any atom is -0.355 e. The molecule has 0 bridgehead atoms. The van der Waals surface area contributed by atoms with Crippen molar-refractivity contribution < 1.29 is 14.0 Å². The van der Waals surface area contributed by atoms with Gasteiger partial charge in [0.15, 0.2) is 0 Å². The predicted molar refractivity (Wildman–Crippen MR) is 89.2 cm³/mol. The molecule has 0 saturated carbocycles. The third kappa shape index (κ3) is 3.62. The zero-order valence-corrected chi connectivity index (χ0v) is 13.2. The third-order valence-corrected chi connectivity index (χ3v) is 4.28. The van der Waals surface area contributed by atoms with Crippen LogP contribution < -0.4 is 10.6 Å². The van der Waals surface area contributed by atoms with Crippen molar-refractivity contribution >= 4 is 11.8 Å². The van der Waals surface area contributed by atoms with Crippen molar-refractivity contribution in [3.63, 3.8) is 0 Å². The normalized spacial score (nSPS) is 16.2. The van der Waals surface area contributed by atoms with Gasteiger partial charge in [-0.15, -0.1) is 0 Å². The van der Waals surface area contributed by atoms with Crippen molar-refractivity contribution in [2.45, 2.75) is 18.8 Å². The fourth-order valence-corrected chi connectivity index (χ4v) is 2.94. The van der Waals surface area contributed by atoms with E-state index >= 15 is 0 Å². The van der Waals surface area contributed by atoms with E-state index in [9.17, 15) is 14.0 Å². The van der Waals surface area contributed by atoms with Crippen LogP contribution in [0.3, 0.4) is 0 Å². The van der Waals surface area contributed by atoms with E-state index in [1.54, 1.807) is 24.3 Å². The number of halogens is 1. The zero-order valence-electron chi connectivity index (χ0n) is 13.2. The number of benzene rings is 2. The SMILES string of the molecule is O=C(CCc1ccccc1F)NCC1CNC(=O)c2ccccc21. The Morgan fingerprint density at radius 1 is 1.17 bits per heavy atom. The van der Waals surface area contributed by atoms with Crippen molar-refractivity contribution in [1.82, 2.24) is 10.6 Å². The molecule has 0 fully saturated rings. The highest BCUT2D eigenvalue weighted by atomic mass is 19.1. The van der Waals surface area contributed by atoms with Crippen LogP contribution in [0.2, 0.25) is 0 Å². The molecular weight excluding hydrogens is 307 g/mol. The van der Waals surface area contributed by atoms with E-state index in [2.05, 4.69) is 10.6 Å². The quantitative estimate of drug-likeness (QED) is 0.886. The Bertz CT molecular complexity index is 761. The number of nitrogens with one attached hydrogen (secondary N) is 2. The summed E-state index contributed by atoms with van der Waals surface area (Å²) in [4.78, 5) is 23.9. The predicted octanol–water partition coefficient (Wildman–Crippen LogP) is 2.40. The molecule has 2 amide bonds. The number of hydrogen-bond acceptors (Lipinski definition) is 2. The second kappa shape index (κ2) is 7.25. The van der Waals surface area contributed by atoms with Crippen molar-refractivity contribution in [2.75, 3.05) is 13.1 Å². The average molecular weight is 326 g/mol. The van der Waals surface area contributed by atoms with Gasteiger partial charge in [-0.1, -0.05) is 36.4 Å². The van der Waals surface area contributed by atoms with Crippen LogP contribution in [-0.2, 0) is 11.2 Å². The molecule has 1 heterocycles. The van der Waals surface area contributed by atoms with Gasteiger partial charge in [0.25, 0.3) is 5.91 Å². The molecule has 124 valence electrons. The van der Waals surface area contributed by atoms with E-state index in [1.807, 2.05) is 18.2 Å². The van der Waals surface area contributed by atoms with Crippen LogP contribution in [0.15, 0.2) is 48.5 Å². The van der Waals surface area contributed by atoms with E-state index in [4.69, 9.17) is 0 Å². The molecule has 0 aromatic heterocycles. The van der Waals surface area contributed by atoms with E-state index in [1.165, 1.54) is 6.07 Å². The largest absolute Gasteiger partial charge is 0.355 e. The number of fused-ring (bicyclic) bond motifs is 1. The molecule has 24 heavy (non-hydrogen) atoms. The van der Waals surface area contributed by atoms with Gasteiger partial charge in [-0.2, -0.15) is 0 Å². The number of aryl methyl sites for hydroxylation is 1. The lowest BCUT2D eigenvalue weighted by Crippen LogP contribution is -2.40. The molecule has 0 saturated heterocycles. The molecule has 2 N–H and O–H groups in total. The topological polar surface area (TPSA) is 58.2 Å². The van der Waals surface area contributed by atoms with Crippen LogP contribution in [0.4, 0.5) is 4.39 Å². The van der Waals surface area contributed by atoms with Gasteiger partial charge in [-0.25, -0.2) is 4.39 Å². The molecule has 0 aliphatic carbocycles. The van der Waals surface area contributed by atoms with Gasteiger partial charge in [0.1, 0.15) is 5.82 Å². The minimum absolute atomic E-state index is 0.0521. The first kappa shape index (κ1) is 16.2. The van der Waals surface area contributed by atoms with E-state index in [-0.39, 0.29) is 30.0 Å². The first-order valence-electron chi connectivity index (χ1n) is 8.02. The maximum Gasteiger partial charge on any atom is 0.251 e. The Kier molecular flexibility index (Phi) is 4.89. The Morgan fingerprint density at radius 2 is 1.92 bits per heavy atom. The molecule has 4 nitrogen and oxygen atoms in total. The first-order chi connectivity index (χ1) is 11.6. The summed E-state index contributed by atoms with van der Waals surface area (Å²) < 4.78 is 13.5. The highest BCUT2D eigenvalue weighted by Gasteiger charge is 2.24. The van der Waals surface area contributed by atoms with Crippen LogP contribution in [0.25, 0.3) is 0 Å². The summed E-state index contributed by atoms with van der Waals surface area (Å²) in [5.41, 5.74) is 2.16. The van der Waals surface area contributed by atoms with E-state index < -0.39 is 0 Å². The summed E-state index contributed by atoms with van der Waals surface area (Å²) in [6.45, 7) is 0.955. The van der Waals surface area contributed by atoms with Gasteiger partial charge >= 0.3 is 0 Å². The molecule has 2 aromatic rings. The fourth-order valence-electron chi connectivity index (χ4n) is 2.94. The van der Waals surface area contributed by atoms with Crippen LogP contribution in [-0.4, -0.2) is 24.9 Å². The van der Waals surface area contributed by atoms with Crippen molar-refractivity contribution in [3.05, 3.63) is 71.0 Å². The molecule has 1 atom stereocenters. The zero-order chi connectivity index (χ0) is 16.9. The lowest BCUT2D eigenvalue weighted by molar-refractivity contribution is -0.121. The molecule has 1 aliphatic heterocycles. The van der Waals surface area contributed by atoms with Crippen LogP contribution in [0.1, 0.15) is 33.8 Å². The van der Waals surface area contributed by atoms with Crippen molar-refractivity contribution in [1.29, 1.82) is 0 Å². The number of carbonyl (C=O) groups is 2. The molecule has 0 radical (unpaired) electrons. The Morgan fingerprint density at radius 3 is 2.75 bits per heavy atom. The Labute approximate surface area is 140 Å². The summed E-state index contributed by atoms with van der Waals surface area (Å²) in [5, 5.41) is 5.72. The molecule has 5 heteroatoms. The second-order valence-electron chi connectivity index (χ2n) is 5.89. The summed E-state index contributed by atoms with van der Waals surface area (Å²) in [7, 11) is 0. The molecule has 2 aromatic carbocycles. The Hall–Kier alpha value is -2.69. The third-order valence-electron chi connectivity index (χ3n) is 4.28. The second-order valence-corrected chi connectivity index (χ2v) is 5.89. The van der Waals surface area contributed by atoms with Gasteiger partial charge < -0.3 is 10.6 Å². The van der Waals surface area contributed by atoms with Gasteiger partial charge in [-0.3, -0.25) is 9.59 Å². The van der Waals surface area contributed by atoms with Crippen LogP contribution in [0, 0.1) is 5.82 Å². The smallest absolute Gasteiger partial charge is 0.251 e. The average Bonchev–Trinajstić information content (AvgIpc) is 2.61. The highest BCUT2D eigenvalue weighted by molar-refractivity contribution is 5.97. The van der Waals surface area contributed by atoms with Gasteiger partial charge in [0.05, 0.1) is 0 Å².